The maximum Gasteiger partial charge on any atom is 0.257 e. The molecule has 1 aromatic heterocycles. The fourth-order valence-corrected chi connectivity index (χ4v) is 3.30. The zero-order valence-electron chi connectivity index (χ0n) is 15.5. The summed E-state index contributed by atoms with van der Waals surface area (Å²) < 4.78 is 5.53. The van der Waals surface area contributed by atoms with E-state index >= 15 is 0 Å². The van der Waals surface area contributed by atoms with Crippen molar-refractivity contribution in [3.05, 3.63) is 35.7 Å². The van der Waals surface area contributed by atoms with Crippen LogP contribution in [0.4, 0.5) is 0 Å². The van der Waals surface area contributed by atoms with E-state index in [9.17, 15) is 0 Å². The van der Waals surface area contributed by atoms with E-state index in [0.29, 0.717) is 17.9 Å². The average Bonchev–Trinajstić information content (AvgIpc) is 3.04. The molecule has 4 heteroatoms. The highest BCUT2D eigenvalue weighted by Crippen LogP contribution is 2.29. The molecule has 0 atom stereocenters. The van der Waals surface area contributed by atoms with Crippen LogP contribution in [-0.2, 0) is 5.41 Å². The third kappa shape index (κ3) is 3.69. The highest BCUT2D eigenvalue weighted by Gasteiger charge is 2.26. The van der Waals surface area contributed by atoms with Gasteiger partial charge in [-0.2, -0.15) is 4.98 Å². The molecule has 1 aliphatic heterocycles. The van der Waals surface area contributed by atoms with Crippen LogP contribution in [-0.4, -0.2) is 34.2 Å². The summed E-state index contributed by atoms with van der Waals surface area (Å²) in [6.45, 7) is 13.4. The van der Waals surface area contributed by atoms with Gasteiger partial charge in [0.2, 0.25) is 0 Å². The minimum atomic E-state index is 0.156. The van der Waals surface area contributed by atoms with Crippen LogP contribution in [0.3, 0.4) is 0 Å². The van der Waals surface area contributed by atoms with Gasteiger partial charge in [-0.15, -0.1) is 0 Å². The summed E-state index contributed by atoms with van der Waals surface area (Å²) >= 11 is 0. The molecule has 24 heavy (non-hydrogen) atoms. The molecule has 0 N–H and O–H groups in total. The molecule has 3 rings (SSSR count). The van der Waals surface area contributed by atoms with Crippen LogP contribution < -0.4 is 0 Å². The first-order valence-electron chi connectivity index (χ1n) is 9.03. The van der Waals surface area contributed by atoms with Gasteiger partial charge in [0.1, 0.15) is 0 Å². The maximum absolute atomic E-state index is 5.53. The van der Waals surface area contributed by atoms with Crippen LogP contribution in [0.25, 0.3) is 11.5 Å². The molecule has 0 unspecified atom stereocenters. The fraction of sp³-hybridized carbons (Fsp3) is 0.600. The predicted octanol–water partition coefficient (Wildman–Crippen LogP) is 4.62. The Morgan fingerprint density at radius 1 is 1.08 bits per heavy atom. The number of rotatable bonds is 3. The molecule has 0 aliphatic carbocycles. The maximum atomic E-state index is 5.53. The molecular weight excluding hydrogens is 298 g/mol. The Morgan fingerprint density at radius 2 is 1.71 bits per heavy atom. The largest absolute Gasteiger partial charge is 0.334 e. The Labute approximate surface area is 145 Å². The summed E-state index contributed by atoms with van der Waals surface area (Å²) in [4.78, 5) is 7.19. The summed E-state index contributed by atoms with van der Waals surface area (Å²) in [5, 5.41) is 4.25. The number of piperidine rings is 1. The van der Waals surface area contributed by atoms with E-state index in [1.165, 1.54) is 5.56 Å². The van der Waals surface area contributed by atoms with Gasteiger partial charge in [-0.25, -0.2) is 0 Å². The molecule has 0 radical (unpaired) electrons. The Morgan fingerprint density at radius 3 is 2.25 bits per heavy atom. The highest BCUT2D eigenvalue weighted by atomic mass is 16.5. The van der Waals surface area contributed by atoms with Crippen molar-refractivity contribution >= 4 is 0 Å². The lowest BCUT2D eigenvalue weighted by atomic mass is 9.87. The van der Waals surface area contributed by atoms with Crippen molar-refractivity contribution in [1.82, 2.24) is 15.0 Å². The Bertz CT molecular complexity index is 659. The van der Waals surface area contributed by atoms with Gasteiger partial charge in [-0.05, 0) is 62.9 Å². The lowest BCUT2D eigenvalue weighted by Gasteiger charge is -2.33. The Balaban J connectivity index is 1.70. The van der Waals surface area contributed by atoms with Crippen LogP contribution in [0, 0.1) is 0 Å². The fourth-order valence-electron chi connectivity index (χ4n) is 3.30. The summed E-state index contributed by atoms with van der Waals surface area (Å²) in [6.07, 6.45) is 2.22. The Kier molecular flexibility index (Phi) is 4.77. The Hall–Kier alpha value is -1.68. The molecule has 130 valence electrons. The van der Waals surface area contributed by atoms with Crippen molar-refractivity contribution in [2.45, 2.75) is 64.8 Å². The standard InChI is InChI=1S/C20H29N3O/c1-14(2)23-12-10-15(11-13-23)18-21-19(24-22-18)16-6-8-17(9-7-16)20(3,4)5/h6-9,14-15H,10-13H2,1-5H3. The summed E-state index contributed by atoms with van der Waals surface area (Å²) in [5.41, 5.74) is 2.47. The van der Waals surface area contributed by atoms with Crippen molar-refractivity contribution in [1.29, 1.82) is 0 Å². The first-order valence-corrected chi connectivity index (χ1v) is 9.03. The minimum absolute atomic E-state index is 0.156. The van der Waals surface area contributed by atoms with Gasteiger partial charge in [0.15, 0.2) is 5.82 Å². The zero-order valence-corrected chi connectivity index (χ0v) is 15.5. The normalized spacial score (nSPS) is 17.6. The molecule has 4 nitrogen and oxygen atoms in total. The number of aromatic nitrogens is 2. The highest BCUT2D eigenvalue weighted by molar-refractivity contribution is 5.53. The summed E-state index contributed by atoms with van der Waals surface area (Å²) in [7, 11) is 0. The van der Waals surface area contributed by atoms with E-state index in [1.807, 2.05) is 0 Å². The van der Waals surface area contributed by atoms with E-state index in [0.717, 1.165) is 37.3 Å². The van der Waals surface area contributed by atoms with Gasteiger partial charge in [-0.1, -0.05) is 38.1 Å². The second-order valence-electron chi connectivity index (χ2n) is 8.19. The lowest BCUT2D eigenvalue weighted by Crippen LogP contribution is -2.38. The molecule has 1 fully saturated rings. The molecule has 0 saturated carbocycles. The minimum Gasteiger partial charge on any atom is -0.334 e. The molecule has 0 spiro atoms. The van der Waals surface area contributed by atoms with Gasteiger partial charge in [0.05, 0.1) is 0 Å². The van der Waals surface area contributed by atoms with Gasteiger partial charge < -0.3 is 9.42 Å². The quantitative estimate of drug-likeness (QED) is 0.825. The predicted molar refractivity (Wildman–Crippen MR) is 97.1 cm³/mol. The number of nitrogens with zero attached hydrogens (tertiary/aromatic N) is 3. The van der Waals surface area contributed by atoms with Crippen LogP contribution >= 0.6 is 0 Å². The molecule has 0 bridgehead atoms. The average molecular weight is 327 g/mol. The number of likely N-dealkylation sites (tertiary alicyclic amines) is 1. The van der Waals surface area contributed by atoms with Crippen LogP contribution in [0.1, 0.15) is 64.8 Å². The van der Waals surface area contributed by atoms with E-state index in [2.05, 4.69) is 73.9 Å². The zero-order chi connectivity index (χ0) is 17.3. The summed E-state index contributed by atoms with van der Waals surface area (Å²) in [5.74, 6) is 1.93. The van der Waals surface area contributed by atoms with E-state index in [4.69, 9.17) is 4.52 Å². The van der Waals surface area contributed by atoms with Crippen molar-refractivity contribution in [2.75, 3.05) is 13.1 Å². The first kappa shape index (κ1) is 17.2. The second kappa shape index (κ2) is 6.67. The topological polar surface area (TPSA) is 42.2 Å². The lowest BCUT2D eigenvalue weighted by molar-refractivity contribution is 0.168. The number of hydrogen-bond acceptors (Lipinski definition) is 4. The molecule has 2 aromatic rings. The van der Waals surface area contributed by atoms with Gasteiger partial charge >= 0.3 is 0 Å². The number of hydrogen-bond donors (Lipinski definition) is 0. The molecule has 1 saturated heterocycles. The second-order valence-corrected chi connectivity index (χ2v) is 8.19. The van der Waals surface area contributed by atoms with Crippen LogP contribution in [0.5, 0.6) is 0 Å². The van der Waals surface area contributed by atoms with E-state index in [-0.39, 0.29) is 5.41 Å². The molecule has 0 amide bonds. The summed E-state index contributed by atoms with van der Waals surface area (Å²) in [6, 6.07) is 9.09. The van der Waals surface area contributed by atoms with Crippen molar-refractivity contribution < 1.29 is 4.52 Å². The third-order valence-corrected chi connectivity index (χ3v) is 5.06. The van der Waals surface area contributed by atoms with Crippen LogP contribution in [0.15, 0.2) is 28.8 Å². The van der Waals surface area contributed by atoms with E-state index in [1.54, 1.807) is 0 Å². The van der Waals surface area contributed by atoms with E-state index < -0.39 is 0 Å². The molecule has 1 aromatic carbocycles. The monoisotopic (exact) mass is 327 g/mol. The molecule has 1 aliphatic rings. The van der Waals surface area contributed by atoms with Crippen molar-refractivity contribution in [3.63, 3.8) is 0 Å². The smallest absolute Gasteiger partial charge is 0.257 e. The first-order chi connectivity index (χ1) is 11.3. The third-order valence-electron chi connectivity index (χ3n) is 5.06. The van der Waals surface area contributed by atoms with Crippen molar-refractivity contribution in [2.24, 2.45) is 0 Å². The molecule has 2 heterocycles. The van der Waals surface area contributed by atoms with Gasteiger partial charge in [0.25, 0.3) is 5.89 Å². The molecular formula is C20H29N3O. The number of benzene rings is 1. The van der Waals surface area contributed by atoms with Crippen molar-refractivity contribution in [3.8, 4) is 11.5 Å². The van der Waals surface area contributed by atoms with Gasteiger partial charge in [-0.3, -0.25) is 0 Å². The SMILES string of the molecule is CC(C)N1CCC(c2noc(-c3ccc(C(C)(C)C)cc3)n2)CC1. The van der Waals surface area contributed by atoms with Crippen LogP contribution in [0.2, 0.25) is 0 Å². The van der Waals surface area contributed by atoms with Gasteiger partial charge in [0, 0.05) is 17.5 Å².